The van der Waals surface area contributed by atoms with Crippen molar-refractivity contribution in [3.05, 3.63) is 85.1 Å². The fourth-order valence-electron chi connectivity index (χ4n) is 4.97. The molecule has 2 atom stereocenters. The minimum absolute atomic E-state index is 0.000105. The van der Waals surface area contributed by atoms with Gasteiger partial charge in [-0.05, 0) is 83.1 Å². The normalized spacial score (nSPS) is 14.4. The van der Waals surface area contributed by atoms with Crippen LogP contribution in [0.4, 0.5) is 0 Å². The first-order valence-electron chi connectivity index (χ1n) is 21.3. The highest BCUT2D eigenvalue weighted by atomic mass is 31.2. The van der Waals surface area contributed by atoms with Gasteiger partial charge in [0.15, 0.2) is 11.9 Å². The molecule has 57 heavy (non-hydrogen) atoms. The Morgan fingerprint density at radius 1 is 0.596 bits per heavy atom. The molecule has 0 aromatic heterocycles. The molecule has 0 spiro atoms. The number of phosphoric acid groups is 1. The quantitative estimate of drug-likeness (QED) is 0.0124. The van der Waals surface area contributed by atoms with Crippen LogP contribution in [0, 0.1) is 0 Å². The van der Waals surface area contributed by atoms with Crippen LogP contribution in [-0.4, -0.2) is 80.7 Å². The molecule has 0 aliphatic rings. The molecule has 0 saturated heterocycles. The van der Waals surface area contributed by atoms with Crippen molar-refractivity contribution >= 4 is 25.5 Å². The van der Waals surface area contributed by atoms with Gasteiger partial charge in [0.2, 0.25) is 0 Å². The van der Waals surface area contributed by atoms with E-state index in [9.17, 15) is 23.8 Å². The van der Waals surface area contributed by atoms with Gasteiger partial charge in [-0.3, -0.25) is 23.4 Å². The summed E-state index contributed by atoms with van der Waals surface area (Å²) in [6.07, 6.45) is 43.4. The molecule has 0 aromatic carbocycles. The monoisotopic (exact) mass is 819 g/mol. The van der Waals surface area contributed by atoms with E-state index in [4.69, 9.17) is 18.5 Å². The maximum atomic E-state index is 12.7. The zero-order valence-corrected chi connectivity index (χ0v) is 36.9. The maximum absolute atomic E-state index is 12.7. The first-order chi connectivity index (χ1) is 27.4. The summed E-state index contributed by atoms with van der Waals surface area (Å²) < 4.78 is 34.1. The van der Waals surface area contributed by atoms with Crippen molar-refractivity contribution in [2.45, 2.75) is 142 Å². The molecule has 0 heterocycles. The van der Waals surface area contributed by atoms with E-state index in [1.165, 1.54) is 19.3 Å². The van der Waals surface area contributed by atoms with Gasteiger partial charge in [0.1, 0.15) is 19.8 Å². The van der Waals surface area contributed by atoms with E-state index in [-0.39, 0.29) is 31.8 Å². The third kappa shape index (κ3) is 40.8. The molecule has 1 unspecified atom stereocenters. The Bertz CT molecular complexity index is 1310. The number of rotatable bonds is 37. The van der Waals surface area contributed by atoms with E-state index >= 15 is 0 Å². The SMILES string of the molecule is CCCCC/C=C\C/C=C\C/C=C\CCCCC(=O)OC[C@H](COP(=O)(O)OCC[N+](C)(C)C)OC(=O)CCC/C=C\C/C=C\C/C=C\C=C\C(=O)CCCCC. The van der Waals surface area contributed by atoms with Crippen molar-refractivity contribution in [2.24, 2.45) is 0 Å². The Balaban J connectivity index is 4.61. The molecular formula is C46H77NO9P+. The second-order valence-electron chi connectivity index (χ2n) is 15.1. The van der Waals surface area contributed by atoms with E-state index in [0.717, 1.165) is 64.2 Å². The van der Waals surface area contributed by atoms with E-state index in [2.05, 4.69) is 62.5 Å². The van der Waals surface area contributed by atoms with Crippen LogP contribution in [0.15, 0.2) is 85.1 Å². The van der Waals surface area contributed by atoms with Gasteiger partial charge in [0.05, 0.1) is 27.7 Å². The van der Waals surface area contributed by atoms with Gasteiger partial charge in [-0.1, -0.05) is 119 Å². The zero-order chi connectivity index (χ0) is 42.3. The summed E-state index contributed by atoms with van der Waals surface area (Å²) in [5.41, 5.74) is 0. The van der Waals surface area contributed by atoms with Crippen molar-refractivity contribution in [3.8, 4) is 0 Å². The number of ether oxygens (including phenoxy) is 2. The van der Waals surface area contributed by atoms with Gasteiger partial charge < -0.3 is 18.9 Å². The molecule has 0 bridgehead atoms. The summed E-state index contributed by atoms with van der Waals surface area (Å²) in [6.45, 7) is 4.07. The Hall–Kier alpha value is -3.14. The number of quaternary nitrogens is 1. The number of hydrogen-bond donors (Lipinski definition) is 1. The zero-order valence-electron chi connectivity index (χ0n) is 36.0. The van der Waals surface area contributed by atoms with Crippen molar-refractivity contribution in [3.63, 3.8) is 0 Å². The molecule has 0 aromatic rings. The van der Waals surface area contributed by atoms with Crippen LogP contribution in [-0.2, 0) is 37.5 Å². The molecule has 1 N–H and O–H groups in total. The highest BCUT2D eigenvalue weighted by Gasteiger charge is 2.27. The van der Waals surface area contributed by atoms with E-state index < -0.39 is 32.5 Å². The predicted molar refractivity (Wildman–Crippen MR) is 234 cm³/mol. The van der Waals surface area contributed by atoms with Gasteiger partial charge >= 0.3 is 19.8 Å². The summed E-state index contributed by atoms with van der Waals surface area (Å²) in [4.78, 5) is 47.0. The molecule has 10 nitrogen and oxygen atoms in total. The number of allylic oxidation sites excluding steroid dienone is 14. The average Bonchev–Trinajstić information content (AvgIpc) is 3.15. The summed E-state index contributed by atoms with van der Waals surface area (Å²) in [6, 6.07) is 0. The number of likely N-dealkylation sites (N-methyl/N-ethyl adjacent to an activating group) is 1. The van der Waals surface area contributed by atoms with Crippen LogP contribution in [0.3, 0.4) is 0 Å². The van der Waals surface area contributed by atoms with Crippen LogP contribution in [0.1, 0.15) is 136 Å². The number of carbonyl (C=O) groups excluding carboxylic acids is 3. The molecule has 0 saturated carbocycles. The lowest BCUT2D eigenvalue weighted by molar-refractivity contribution is -0.870. The molecule has 0 aliphatic carbocycles. The van der Waals surface area contributed by atoms with Crippen molar-refractivity contribution in [1.29, 1.82) is 0 Å². The van der Waals surface area contributed by atoms with Crippen LogP contribution >= 0.6 is 7.82 Å². The van der Waals surface area contributed by atoms with Gasteiger partial charge in [-0.25, -0.2) is 4.57 Å². The van der Waals surface area contributed by atoms with Crippen LogP contribution in [0.5, 0.6) is 0 Å². The summed E-state index contributed by atoms with van der Waals surface area (Å²) in [7, 11) is 1.37. The maximum Gasteiger partial charge on any atom is 0.472 e. The summed E-state index contributed by atoms with van der Waals surface area (Å²) in [5, 5.41) is 0. The minimum Gasteiger partial charge on any atom is -0.462 e. The largest absolute Gasteiger partial charge is 0.472 e. The Morgan fingerprint density at radius 2 is 1.11 bits per heavy atom. The number of phosphoric ester groups is 1. The fraction of sp³-hybridized carbons (Fsp3) is 0.630. The minimum atomic E-state index is -4.42. The smallest absolute Gasteiger partial charge is 0.462 e. The Labute approximate surface area is 346 Å². The molecule has 324 valence electrons. The third-order valence-corrected chi connectivity index (χ3v) is 9.36. The molecule has 0 aliphatic heterocycles. The predicted octanol–water partition coefficient (Wildman–Crippen LogP) is 11.2. The van der Waals surface area contributed by atoms with Crippen LogP contribution in [0.2, 0.25) is 0 Å². The number of nitrogens with zero attached hydrogens (tertiary/aromatic N) is 1. The lowest BCUT2D eigenvalue weighted by atomic mass is 10.1. The number of esters is 2. The lowest BCUT2D eigenvalue weighted by Crippen LogP contribution is -2.37. The first kappa shape index (κ1) is 53.9. The molecule has 0 radical (unpaired) electrons. The third-order valence-electron chi connectivity index (χ3n) is 8.37. The van der Waals surface area contributed by atoms with Gasteiger partial charge in [-0.15, -0.1) is 0 Å². The number of unbranched alkanes of at least 4 members (excludes halogenated alkanes) is 8. The number of carbonyl (C=O) groups is 3. The standard InChI is InChI=1S/C46H76NO9P/c1-6-8-10-11-12-13-14-15-16-17-20-23-26-29-33-37-45(49)53-41-44(42-55-57(51,52)54-40-39-47(3,4)5)56-46(50)38-34-30-27-24-21-18-19-22-25-28-32-36-43(48)35-31-9-7-2/h12-13,15-16,18-20,23-25,27-28,32,36,44H,6-11,14,17,21-22,26,29-31,33-35,37-42H2,1-5H3/p+1/b13-12-,16-15-,19-18-,23-20-,27-24-,28-25-,36-32+/t44-/m1/s1. The van der Waals surface area contributed by atoms with Gasteiger partial charge in [-0.2, -0.15) is 0 Å². The second kappa shape index (κ2) is 37.2. The van der Waals surface area contributed by atoms with E-state index in [1.807, 2.05) is 45.4 Å². The van der Waals surface area contributed by atoms with Crippen molar-refractivity contribution in [1.82, 2.24) is 0 Å². The molecule has 0 fully saturated rings. The van der Waals surface area contributed by atoms with Crippen LogP contribution in [0.25, 0.3) is 0 Å². The van der Waals surface area contributed by atoms with E-state index in [1.54, 1.807) is 12.2 Å². The van der Waals surface area contributed by atoms with Crippen molar-refractivity contribution in [2.75, 3.05) is 47.5 Å². The highest BCUT2D eigenvalue weighted by Crippen LogP contribution is 2.43. The topological polar surface area (TPSA) is 125 Å². The average molecular weight is 819 g/mol. The molecule has 11 heteroatoms. The van der Waals surface area contributed by atoms with E-state index in [0.29, 0.717) is 36.7 Å². The first-order valence-corrected chi connectivity index (χ1v) is 22.8. The summed E-state index contributed by atoms with van der Waals surface area (Å²) >= 11 is 0. The molecular weight excluding hydrogens is 741 g/mol. The summed E-state index contributed by atoms with van der Waals surface area (Å²) in [5.74, 6) is -0.789. The molecule has 0 amide bonds. The van der Waals surface area contributed by atoms with Crippen molar-refractivity contribution < 1.29 is 46.8 Å². The Kier molecular flexibility index (Phi) is 35.1. The van der Waals surface area contributed by atoms with Gasteiger partial charge in [0, 0.05) is 19.3 Å². The molecule has 0 rings (SSSR count). The second-order valence-corrected chi connectivity index (χ2v) is 16.5. The van der Waals surface area contributed by atoms with Crippen LogP contribution < -0.4 is 0 Å². The highest BCUT2D eigenvalue weighted by molar-refractivity contribution is 7.47. The Morgan fingerprint density at radius 3 is 1.70 bits per heavy atom. The van der Waals surface area contributed by atoms with Gasteiger partial charge in [0.25, 0.3) is 0 Å². The fourth-order valence-corrected chi connectivity index (χ4v) is 5.71. The number of ketones is 1. The number of hydrogen-bond acceptors (Lipinski definition) is 8. The lowest BCUT2D eigenvalue weighted by Gasteiger charge is -2.24.